The summed E-state index contributed by atoms with van der Waals surface area (Å²) < 4.78 is 19.1. The van der Waals surface area contributed by atoms with Crippen molar-refractivity contribution < 1.29 is 23.8 Å². The van der Waals surface area contributed by atoms with Crippen molar-refractivity contribution in [3.05, 3.63) is 50.7 Å². The largest absolute Gasteiger partial charge is 0.491 e. The number of aromatic nitrogens is 2. The fraction of sp³-hybridized carbons (Fsp3) is 0.391. The molecule has 0 aliphatic carbocycles. The maximum atomic E-state index is 13.0. The number of carbonyl (C=O) groups excluding carboxylic acids is 2. The molecule has 2 amide bonds. The molecule has 0 bridgehead atoms. The lowest BCUT2D eigenvalue weighted by Crippen LogP contribution is -2.19. The summed E-state index contributed by atoms with van der Waals surface area (Å²) in [6.45, 7) is 2.98. The van der Waals surface area contributed by atoms with Crippen molar-refractivity contribution in [3.8, 4) is 5.75 Å². The summed E-state index contributed by atoms with van der Waals surface area (Å²) in [5, 5.41) is 0. The first-order valence-electron chi connectivity index (χ1n) is 10.9. The molecule has 0 fully saturated rings. The number of aryl methyl sites for hydroxylation is 1. The molecular formula is C23H29N5O5S2. The summed E-state index contributed by atoms with van der Waals surface area (Å²) in [5.74, 6) is -0.508. The van der Waals surface area contributed by atoms with Crippen LogP contribution in [-0.2, 0) is 22.4 Å². The van der Waals surface area contributed by atoms with Gasteiger partial charge in [0, 0.05) is 39.3 Å². The second-order valence-electron chi connectivity index (χ2n) is 7.32. The van der Waals surface area contributed by atoms with E-state index in [2.05, 4.69) is 9.98 Å². The first kappa shape index (κ1) is 26.7. The quantitative estimate of drug-likeness (QED) is 0.276. The summed E-state index contributed by atoms with van der Waals surface area (Å²) in [5.41, 5.74) is 14.5. The number of fused-ring (bicyclic) bond motifs is 1. The second kappa shape index (κ2) is 12.7. The van der Waals surface area contributed by atoms with E-state index in [1.807, 2.05) is 23.6 Å². The van der Waals surface area contributed by atoms with E-state index in [9.17, 15) is 9.59 Å². The molecule has 0 spiro atoms. The first-order valence-corrected chi connectivity index (χ1v) is 12.6. The van der Waals surface area contributed by atoms with Gasteiger partial charge in [0.15, 0.2) is 11.1 Å². The van der Waals surface area contributed by atoms with Crippen LogP contribution in [0.25, 0.3) is 10.2 Å². The van der Waals surface area contributed by atoms with Gasteiger partial charge < -0.3 is 30.2 Å². The van der Waals surface area contributed by atoms with Gasteiger partial charge in [-0.05, 0) is 18.6 Å². The normalized spacial score (nSPS) is 12.3. The number of amides is 2. The van der Waals surface area contributed by atoms with E-state index < -0.39 is 12.2 Å². The van der Waals surface area contributed by atoms with Crippen molar-refractivity contribution in [1.82, 2.24) is 9.55 Å². The number of rotatable bonds is 12. The molecule has 0 aliphatic heterocycles. The topological polar surface area (TPSA) is 144 Å². The Bertz CT molecular complexity index is 1270. The van der Waals surface area contributed by atoms with Crippen LogP contribution < -0.4 is 21.0 Å². The van der Waals surface area contributed by atoms with Crippen LogP contribution in [0.2, 0.25) is 0 Å². The average molecular weight is 520 g/mol. The lowest BCUT2D eigenvalue weighted by atomic mass is 10.2. The molecule has 0 unspecified atom stereocenters. The van der Waals surface area contributed by atoms with Crippen LogP contribution in [0, 0.1) is 0 Å². The molecule has 3 aromatic rings. The van der Waals surface area contributed by atoms with Crippen LogP contribution in [0.5, 0.6) is 5.75 Å². The monoisotopic (exact) mass is 519 g/mol. The molecule has 3 rings (SSSR count). The molecule has 4 N–H and O–H groups in total. The number of thiazole rings is 2. The van der Waals surface area contributed by atoms with E-state index in [1.165, 1.54) is 22.7 Å². The van der Waals surface area contributed by atoms with Crippen LogP contribution in [-0.4, -0.2) is 55.0 Å². The van der Waals surface area contributed by atoms with Crippen LogP contribution in [0.15, 0.2) is 34.8 Å². The molecule has 12 heteroatoms. The molecule has 0 saturated carbocycles. The first-order chi connectivity index (χ1) is 16.9. The highest BCUT2D eigenvalue weighted by atomic mass is 32.1. The standard InChI is InChI=1S/C23H29N5O5S2/c1-4-15-20(34-13-26-15)22(30)27-23-28(9-6-5-8-24)19-16(33-10-7-18(31-2)32-3)11-14(21(25)29)12-17(19)35-23/h5-6,11-13,18H,4,7-10,24H2,1-3H3,(H2,25,29)/b6-5+,27-23?. The van der Waals surface area contributed by atoms with Gasteiger partial charge in [-0.2, -0.15) is 4.99 Å². The van der Waals surface area contributed by atoms with Gasteiger partial charge in [-0.3, -0.25) is 9.59 Å². The van der Waals surface area contributed by atoms with E-state index in [4.69, 9.17) is 25.7 Å². The van der Waals surface area contributed by atoms with Crippen molar-refractivity contribution in [2.75, 3.05) is 27.4 Å². The molecule has 0 aliphatic rings. The summed E-state index contributed by atoms with van der Waals surface area (Å²) in [6.07, 6.45) is 4.38. The van der Waals surface area contributed by atoms with Crippen LogP contribution in [0.3, 0.4) is 0 Å². The summed E-state index contributed by atoms with van der Waals surface area (Å²) in [7, 11) is 3.10. The summed E-state index contributed by atoms with van der Waals surface area (Å²) in [4.78, 5) is 34.6. The van der Waals surface area contributed by atoms with Crippen molar-refractivity contribution in [1.29, 1.82) is 0 Å². The van der Waals surface area contributed by atoms with Gasteiger partial charge >= 0.3 is 0 Å². The molecular weight excluding hydrogens is 490 g/mol. The number of primary amides is 1. The zero-order valence-corrected chi connectivity index (χ0v) is 21.5. The Hall–Kier alpha value is -2.90. The molecule has 0 radical (unpaired) electrons. The minimum atomic E-state index is -0.585. The summed E-state index contributed by atoms with van der Waals surface area (Å²) in [6, 6.07) is 3.28. The van der Waals surface area contributed by atoms with Gasteiger partial charge in [0.2, 0.25) is 5.91 Å². The third-order valence-corrected chi connectivity index (χ3v) is 7.00. The number of nitrogens with two attached hydrogens (primary N) is 2. The highest BCUT2D eigenvalue weighted by Gasteiger charge is 2.18. The SMILES string of the molecule is CCc1ncsc1C(=O)N=c1sc2cc(C(N)=O)cc(OCCC(OC)OC)c2n1C/C=C/CN. The van der Waals surface area contributed by atoms with Gasteiger partial charge in [0.1, 0.15) is 16.1 Å². The molecule has 0 atom stereocenters. The van der Waals surface area contributed by atoms with Gasteiger partial charge in [0.05, 0.1) is 22.5 Å². The molecule has 1 aromatic carbocycles. The Morgan fingerprint density at radius 3 is 2.69 bits per heavy atom. The Morgan fingerprint density at radius 2 is 2.03 bits per heavy atom. The van der Waals surface area contributed by atoms with Crippen molar-refractivity contribution in [3.63, 3.8) is 0 Å². The highest BCUT2D eigenvalue weighted by Crippen LogP contribution is 2.30. The Kier molecular flexibility index (Phi) is 9.69. The Morgan fingerprint density at radius 1 is 1.26 bits per heavy atom. The predicted octanol–water partition coefficient (Wildman–Crippen LogP) is 2.46. The maximum Gasteiger partial charge on any atom is 0.291 e. The molecule has 10 nitrogen and oxygen atoms in total. The highest BCUT2D eigenvalue weighted by molar-refractivity contribution is 7.16. The number of allylic oxidation sites excluding steroid dienone is 1. The fourth-order valence-corrected chi connectivity index (χ4v) is 5.25. The fourth-order valence-electron chi connectivity index (χ4n) is 3.39. The number of ether oxygens (including phenoxy) is 3. The van der Waals surface area contributed by atoms with Crippen LogP contribution in [0.4, 0.5) is 0 Å². The van der Waals surface area contributed by atoms with Crippen LogP contribution >= 0.6 is 22.7 Å². The van der Waals surface area contributed by atoms with E-state index >= 15 is 0 Å². The Balaban J connectivity index is 2.14. The Labute approximate surface area is 210 Å². The molecule has 188 valence electrons. The number of hydrogen-bond donors (Lipinski definition) is 2. The predicted molar refractivity (Wildman–Crippen MR) is 136 cm³/mol. The molecule has 2 aromatic heterocycles. The van der Waals surface area contributed by atoms with Crippen LogP contribution in [0.1, 0.15) is 39.1 Å². The van der Waals surface area contributed by atoms with Crippen molar-refractivity contribution in [2.45, 2.75) is 32.6 Å². The third-order valence-electron chi connectivity index (χ3n) is 5.12. The van der Waals surface area contributed by atoms with Gasteiger partial charge in [0.25, 0.3) is 5.91 Å². The average Bonchev–Trinajstić information content (AvgIpc) is 3.46. The third kappa shape index (κ3) is 6.41. The lowest BCUT2D eigenvalue weighted by molar-refractivity contribution is -0.110. The van der Waals surface area contributed by atoms with Gasteiger partial charge in [-0.15, -0.1) is 11.3 Å². The zero-order chi connectivity index (χ0) is 25.4. The van der Waals surface area contributed by atoms with E-state index in [1.54, 1.807) is 31.9 Å². The maximum absolute atomic E-state index is 13.0. The number of carbonyl (C=O) groups is 2. The summed E-state index contributed by atoms with van der Waals surface area (Å²) >= 11 is 2.54. The zero-order valence-electron chi connectivity index (χ0n) is 19.9. The van der Waals surface area contributed by atoms with E-state index in [0.29, 0.717) is 62.8 Å². The van der Waals surface area contributed by atoms with E-state index in [0.717, 1.165) is 0 Å². The number of methoxy groups -OCH3 is 2. The lowest BCUT2D eigenvalue weighted by Gasteiger charge is -2.15. The molecule has 2 heterocycles. The van der Waals surface area contributed by atoms with E-state index in [-0.39, 0.29) is 12.5 Å². The molecule has 0 saturated heterocycles. The minimum Gasteiger partial charge on any atom is -0.491 e. The smallest absolute Gasteiger partial charge is 0.291 e. The number of benzene rings is 1. The van der Waals surface area contributed by atoms with Crippen molar-refractivity contribution >= 4 is 44.7 Å². The number of nitrogens with zero attached hydrogens (tertiary/aromatic N) is 3. The molecule has 35 heavy (non-hydrogen) atoms. The minimum absolute atomic E-state index is 0.268. The van der Waals surface area contributed by atoms with Gasteiger partial charge in [-0.1, -0.05) is 30.4 Å². The number of hydrogen-bond acceptors (Lipinski definition) is 9. The van der Waals surface area contributed by atoms with Gasteiger partial charge in [-0.25, -0.2) is 4.98 Å². The second-order valence-corrected chi connectivity index (χ2v) is 9.19. The van der Waals surface area contributed by atoms with Crippen molar-refractivity contribution in [2.24, 2.45) is 16.5 Å².